The molecule has 40 valence electrons. The van der Waals surface area contributed by atoms with Gasteiger partial charge in [-0.1, -0.05) is 0 Å². The van der Waals surface area contributed by atoms with Gasteiger partial charge in [0.25, 0.3) is 0 Å². The van der Waals surface area contributed by atoms with Crippen molar-refractivity contribution in [2.24, 2.45) is 0 Å². The van der Waals surface area contributed by atoms with Gasteiger partial charge >= 0.3 is 103 Å². The van der Waals surface area contributed by atoms with Crippen LogP contribution in [0, 0.1) is 0 Å². The van der Waals surface area contributed by atoms with E-state index in [-0.39, 0.29) is 106 Å². The minimum Gasteiger partial charge on any atom is -1.00 e. The van der Waals surface area contributed by atoms with E-state index in [2.05, 4.69) is 10.6 Å². The normalized spacial score (nSPS) is 18.0. The molecular weight excluding hydrogens is 154 g/mol. The van der Waals surface area contributed by atoms with E-state index >= 15 is 0 Å². The second kappa shape index (κ2) is 10.2. The van der Waals surface area contributed by atoms with Gasteiger partial charge in [-0.05, 0) is 0 Å². The van der Waals surface area contributed by atoms with E-state index in [1.807, 2.05) is 0 Å². The average molecular weight is 166 g/mol. The molecule has 0 aliphatic carbocycles. The summed E-state index contributed by atoms with van der Waals surface area (Å²) in [6.45, 7) is 4.56. The quantitative estimate of drug-likeness (QED) is 0.350. The topological polar surface area (TPSA) is 24.1 Å². The van der Waals surface area contributed by atoms with Gasteiger partial charge in [0.1, 0.15) is 0 Å². The molecule has 0 amide bonds. The molecule has 8 heavy (non-hydrogen) atoms. The van der Waals surface area contributed by atoms with E-state index < -0.39 is 0 Å². The zero-order chi connectivity index (χ0) is 4.24. The Bertz CT molecular complexity index is 34.7. The largest absolute Gasteiger partial charge is 1.00 e. The molecule has 0 spiro atoms. The molecule has 1 aliphatic heterocycles. The molecule has 0 saturated carbocycles. The number of piperazine rings is 1. The van der Waals surface area contributed by atoms with Crippen LogP contribution >= 0.6 is 0 Å². The molecule has 1 rings (SSSR count). The number of hydrogen-bond donors (Lipinski definition) is 2. The summed E-state index contributed by atoms with van der Waals surface area (Å²) < 4.78 is 0. The Labute approximate surface area is 139 Å². The zero-order valence-corrected chi connectivity index (χ0v) is 12.1. The van der Waals surface area contributed by atoms with Crippen LogP contribution in [0.25, 0.3) is 0 Å². The van der Waals surface area contributed by atoms with Crippen LogP contribution in [0.4, 0.5) is 0 Å². The van der Waals surface area contributed by atoms with Crippen molar-refractivity contribution >= 4 is 0 Å². The molecule has 2 N–H and O–H groups in total. The van der Waals surface area contributed by atoms with E-state index in [4.69, 9.17) is 0 Å². The summed E-state index contributed by atoms with van der Waals surface area (Å²) in [6, 6.07) is 0. The van der Waals surface area contributed by atoms with Gasteiger partial charge in [0, 0.05) is 26.2 Å². The first kappa shape index (κ1) is 13.8. The van der Waals surface area contributed by atoms with Crippen LogP contribution in [0.1, 0.15) is 2.85 Å². The molecule has 4 heteroatoms. The third-order valence-corrected chi connectivity index (χ3v) is 0.957. The van der Waals surface area contributed by atoms with Crippen molar-refractivity contribution in [3.05, 3.63) is 0 Å². The van der Waals surface area contributed by atoms with Gasteiger partial charge in [-0.15, -0.1) is 0 Å². The first-order chi connectivity index (χ1) is 3.00. The van der Waals surface area contributed by atoms with Crippen LogP contribution in [0.15, 0.2) is 0 Å². The third-order valence-electron chi connectivity index (χ3n) is 0.957. The Morgan fingerprint density at radius 3 is 1.12 bits per heavy atom. The summed E-state index contributed by atoms with van der Waals surface area (Å²) in [6.07, 6.45) is 0. The summed E-state index contributed by atoms with van der Waals surface area (Å²) in [5.74, 6) is 0. The maximum Gasteiger partial charge on any atom is 1.00 e. The Balaban J connectivity index is -0.0000000450. The molecule has 0 aromatic rings. The summed E-state index contributed by atoms with van der Waals surface area (Å²) in [5.41, 5.74) is 0. The van der Waals surface area contributed by atoms with Gasteiger partial charge in [-0.25, -0.2) is 0 Å². The summed E-state index contributed by atoms with van der Waals surface area (Å²) >= 11 is 0. The minimum absolute atomic E-state index is 0. The van der Waals surface area contributed by atoms with Crippen molar-refractivity contribution in [3.63, 3.8) is 0 Å². The smallest absolute Gasteiger partial charge is 1.00 e. The van der Waals surface area contributed by atoms with Crippen molar-refractivity contribution < 1.29 is 106 Å². The van der Waals surface area contributed by atoms with Gasteiger partial charge in [-0.2, -0.15) is 0 Å². The predicted molar refractivity (Wildman–Crippen MR) is 28.0 cm³/mol. The van der Waals surface area contributed by atoms with Crippen molar-refractivity contribution in [1.82, 2.24) is 10.6 Å². The molecule has 0 unspecified atom stereocenters. The van der Waals surface area contributed by atoms with E-state index in [1.165, 1.54) is 0 Å². The Hall–Kier alpha value is 3.19. The fraction of sp³-hybridized carbons (Fsp3) is 1.00. The molecule has 1 saturated heterocycles. The van der Waals surface area contributed by atoms with Crippen LogP contribution in [0.3, 0.4) is 0 Å². The van der Waals surface area contributed by atoms with E-state index in [9.17, 15) is 0 Å². The van der Waals surface area contributed by atoms with Gasteiger partial charge < -0.3 is 13.5 Å². The van der Waals surface area contributed by atoms with Gasteiger partial charge in [0.05, 0.1) is 0 Å². The van der Waals surface area contributed by atoms with E-state index in [0.717, 1.165) is 26.2 Å². The summed E-state index contributed by atoms with van der Waals surface area (Å²) in [4.78, 5) is 0. The molecule has 0 aromatic heterocycles. The molecule has 0 aromatic carbocycles. The van der Waals surface area contributed by atoms with E-state index in [1.54, 1.807) is 0 Å². The molecule has 0 bridgehead atoms. The standard InChI is InChI=1S/C4H10N2.2K.2H/c1-2-6-4-3-5-1;;;;/h5-6H,1-4H2;;;;/q;2*+1;2*-1. The first-order valence-corrected chi connectivity index (χ1v) is 2.41. The minimum atomic E-state index is 0. The Kier molecular flexibility index (Phi) is 17.5. The summed E-state index contributed by atoms with van der Waals surface area (Å²) in [5, 5.41) is 6.44. The van der Waals surface area contributed by atoms with Crippen LogP contribution < -0.4 is 113 Å². The van der Waals surface area contributed by atoms with Crippen molar-refractivity contribution in [3.8, 4) is 0 Å². The number of nitrogens with one attached hydrogen (secondary N) is 2. The molecule has 0 radical (unpaired) electrons. The zero-order valence-electron chi connectivity index (χ0n) is 7.83. The Morgan fingerprint density at radius 2 is 1.00 bits per heavy atom. The summed E-state index contributed by atoms with van der Waals surface area (Å²) in [7, 11) is 0. The van der Waals surface area contributed by atoms with E-state index in [0.29, 0.717) is 0 Å². The second-order valence-electron chi connectivity index (χ2n) is 1.50. The van der Waals surface area contributed by atoms with Gasteiger partial charge in [0.15, 0.2) is 0 Å². The molecule has 1 fully saturated rings. The van der Waals surface area contributed by atoms with Gasteiger partial charge in [-0.3, -0.25) is 0 Å². The number of rotatable bonds is 0. The molecular formula is C4H12K2N2. The molecule has 0 atom stereocenters. The number of hydrogen-bond acceptors (Lipinski definition) is 2. The van der Waals surface area contributed by atoms with Gasteiger partial charge in [0.2, 0.25) is 0 Å². The van der Waals surface area contributed by atoms with Crippen molar-refractivity contribution in [1.29, 1.82) is 0 Å². The molecule has 2 nitrogen and oxygen atoms in total. The Morgan fingerprint density at radius 1 is 0.750 bits per heavy atom. The molecule has 1 heterocycles. The maximum atomic E-state index is 3.22. The average Bonchev–Trinajstić information content (AvgIpc) is 1.72. The maximum absolute atomic E-state index is 3.22. The second-order valence-corrected chi connectivity index (χ2v) is 1.50. The monoisotopic (exact) mass is 166 g/mol. The van der Waals surface area contributed by atoms with Crippen LogP contribution in [-0.2, 0) is 0 Å². The molecule has 1 aliphatic rings. The van der Waals surface area contributed by atoms with Crippen LogP contribution in [-0.4, -0.2) is 26.2 Å². The fourth-order valence-electron chi connectivity index (χ4n) is 0.604. The first-order valence-electron chi connectivity index (χ1n) is 2.41. The third kappa shape index (κ3) is 7.30. The predicted octanol–water partition coefficient (Wildman–Crippen LogP) is -6.59. The SMILES string of the molecule is C1CNCCN1.[H-].[H-].[K+].[K+]. The van der Waals surface area contributed by atoms with Crippen molar-refractivity contribution in [2.45, 2.75) is 0 Å². The van der Waals surface area contributed by atoms with Crippen LogP contribution in [0.5, 0.6) is 0 Å². The van der Waals surface area contributed by atoms with Crippen LogP contribution in [0.2, 0.25) is 0 Å². The fourth-order valence-corrected chi connectivity index (χ4v) is 0.604. The van der Waals surface area contributed by atoms with Crippen molar-refractivity contribution in [2.75, 3.05) is 26.2 Å².